The van der Waals surface area contributed by atoms with E-state index in [0.29, 0.717) is 43.1 Å². The van der Waals surface area contributed by atoms with Crippen LogP contribution in [0.4, 0.5) is 13.2 Å². The molecule has 1 aliphatic heterocycles. The largest absolute Gasteiger partial charge is 0.433 e. The molecule has 1 saturated heterocycles. The number of nitrogens with zero attached hydrogens (tertiary/aromatic N) is 4. The highest BCUT2D eigenvalue weighted by Crippen LogP contribution is 2.35. The lowest BCUT2D eigenvalue weighted by Gasteiger charge is -2.15. The molecule has 1 amide bonds. The number of amides is 1. The smallest absolute Gasteiger partial charge is 0.384 e. The molecule has 154 valence electrons. The fourth-order valence-electron chi connectivity index (χ4n) is 3.52. The molecule has 1 unspecified atom stereocenters. The van der Waals surface area contributed by atoms with Gasteiger partial charge in [0.25, 0.3) is 0 Å². The lowest BCUT2D eigenvalue weighted by molar-refractivity contribution is -0.142. The third kappa shape index (κ3) is 3.99. The van der Waals surface area contributed by atoms with Crippen molar-refractivity contribution in [2.45, 2.75) is 24.9 Å². The Morgan fingerprint density at radius 3 is 2.90 bits per heavy atom. The molecule has 4 rings (SSSR count). The normalized spacial score (nSPS) is 17.4. The summed E-state index contributed by atoms with van der Waals surface area (Å²) in [5.41, 5.74) is 0.0907. The summed E-state index contributed by atoms with van der Waals surface area (Å²) in [6.45, 7) is 1.34. The zero-order chi connectivity index (χ0) is 20.6. The van der Waals surface area contributed by atoms with Crippen LogP contribution in [-0.2, 0) is 15.7 Å². The van der Waals surface area contributed by atoms with Crippen molar-refractivity contribution in [3.05, 3.63) is 41.0 Å². The SMILES string of the molecule is COCCC(=O)N1CCC(c2cc3nc(-c4cccs4)cc(C(F)(F)F)n3n2)C1. The van der Waals surface area contributed by atoms with Crippen molar-refractivity contribution in [1.29, 1.82) is 0 Å². The van der Waals surface area contributed by atoms with Crippen LogP contribution in [0.15, 0.2) is 29.6 Å². The first kappa shape index (κ1) is 19.8. The van der Waals surface area contributed by atoms with E-state index in [1.54, 1.807) is 28.5 Å². The van der Waals surface area contributed by atoms with Crippen molar-refractivity contribution in [1.82, 2.24) is 19.5 Å². The molecule has 0 N–H and O–H groups in total. The molecule has 6 nitrogen and oxygen atoms in total. The minimum Gasteiger partial charge on any atom is -0.384 e. The number of methoxy groups -OCH3 is 1. The molecule has 0 aliphatic carbocycles. The molecule has 0 radical (unpaired) electrons. The number of fused-ring (bicyclic) bond motifs is 1. The van der Waals surface area contributed by atoms with Crippen LogP contribution in [0.1, 0.15) is 30.1 Å². The van der Waals surface area contributed by atoms with Crippen LogP contribution >= 0.6 is 11.3 Å². The highest BCUT2D eigenvalue weighted by atomic mass is 32.1. The number of aromatic nitrogens is 3. The summed E-state index contributed by atoms with van der Waals surface area (Å²) < 4.78 is 46.8. The van der Waals surface area contributed by atoms with Crippen LogP contribution in [0.5, 0.6) is 0 Å². The van der Waals surface area contributed by atoms with Crippen LogP contribution < -0.4 is 0 Å². The number of likely N-dealkylation sites (tertiary alicyclic amines) is 1. The summed E-state index contributed by atoms with van der Waals surface area (Å²) in [6.07, 6.45) is -3.62. The Labute approximate surface area is 168 Å². The van der Waals surface area contributed by atoms with E-state index in [0.717, 1.165) is 10.6 Å². The number of hydrogen-bond acceptors (Lipinski definition) is 5. The maximum Gasteiger partial charge on any atom is 0.433 e. The first-order valence-corrected chi connectivity index (χ1v) is 10.0. The molecule has 4 heterocycles. The van der Waals surface area contributed by atoms with Gasteiger partial charge >= 0.3 is 6.18 Å². The van der Waals surface area contributed by atoms with Gasteiger partial charge in [-0.1, -0.05) is 6.07 Å². The van der Waals surface area contributed by atoms with Crippen molar-refractivity contribution < 1.29 is 22.7 Å². The molecule has 10 heteroatoms. The van der Waals surface area contributed by atoms with Gasteiger partial charge in [0.1, 0.15) is 0 Å². The average molecular weight is 424 g/mol. The zero-order valence-corrected chi connectivity index (χ0v) is 16.5. The second-order valence-electron chi connectivity index (χ2n) is 6.91. The first-order chi connectivity index (χ1) is 13.9. The second-order valence-corrected chi connectivity index (χ2v) is 7.86. The quantitative estimate of drug-likeness (QED) is 0.625. The lowest BCUT2D eigenvalue weighted by Crippen LogP contribution is -2.29. The Morgan fingerprint density at radius 2 is 2.21 bits per heavy atom. The molecule has 0 bridgehead atoms. The monoisotopic (exact) mass is 424 g/mol. The highest BCUT2D eigenvalue weighted by Gasteiger charge is 2.36. The Bertz CT molecular complexity index is 1020. The van der Waals surface area contributed by atoms with E-state index in [-0.39, 0.29) is 23.2 Å². The van der Waals surface area contributed by atoms with Gasteiger partial charge in [0.2, 0.25) is 5.91 Å². The van der Waals surface area contributed by atoms with Gasteiger partial charge in [-0.05, 0) is 23.9 Å². The summed E-state index contributed by atoms with van der Waals surface area (Å²) in [4.78, 5) is 18.9. The third-order valence-corrected chi connectivity index (χ3v) is 5.88. The van der Waals surface area contributed by atoms with Crippen molar-refractivity contribution in [2.75, 3.05) is 26.8 Å². The fraction of sp³-hybridized carbons (Fsp3) is 0.421. The van der Waals surface area contributed by atoms with Crippen molar-refractivity contribution >= 4 is 22.9 Å². The number of rotatable bonds is 5. The minimum atomic E-state index is -4.56. The van der Waals surface area contributed by atoms with E-state index < -0.39 is 11.9 Å². The molecular formula is C19H19F3N4O2S. The molecule has 29 heavy (non-hydrogen) atoms. The number of carbonyl (C=O) groups excluding carboxylic acids is 1. The number of alkyl halides is 3. The standard InChI is InChI=1S/C19H19F3N4O2S/c1-28-7-5-18(27)25-6-4-12(11-25)13-10-17-23-14(15-3-2-8-29-15)9-16(19(20,21)22)26(17)24-13/h2-3,8-10,12H,4-7,11H2,1H3. The Hall–Kier alpha value is -2.46. The second kappa shape index (κ2) is 7.75. The van der Waals surface area contributed by atoms with E-state index in [1.807, 2.05) is 0 Å². The number of ether oxygens (including phenoxy) is 1. The molecule has 0 aromatic carbocycles. The molecule has 1 atom stereocenters. The van der Waals surface area contributed by atoms with E-state index >= 15 is 0 Å². The van der Waals surface area contributed by atoms with Gasteiger partial charge in [0, 0.05) is 32.2 Å². The molecule has 0 spiro atoms. The van der Waals surface area contributed by atoms with Gasteiger partial charge < -0.3 is 9.64 Å². The Balaban J connectivity index is 1.66. The van der Waals surface area contributed by atoms with Gasteiger partial charge in [-0.2, -0.15) is 18.3 Å². The van der Waals surface area contributed by atoms with Crippen molar-refractivity contribution in [3.8, 4) is 10.6 Å². The van der Waals surface area contributed by atoms with Gasteiger partial charge in [-0.3, -0.25) is 4.79 Å². The summed E-state index contributed by atoms with van der Waals surface area (Å²) in [7, 11) is 1.53. The van der Waals surface area contributed by atoms with E-state index in [9.17, 15) is 18.0 Å². The van der Waals surface area contributed by atoms with Crippen LogP contribution in [0.2, 0.25) is 0 Å². The van der Waals surface area contributed by atoms with Gasteiger partial charge in [-0.25, -0.2) is 9.50 Å². The third-order valence-electron chi connectivity index (χ3n) is 4.99. The first-order valence-electron chi connectivity index (χ1n) is 9.15. The maximum absolute atomic E-state index is 13.7. The number of hydrogen-bond donors (Lipinski definition) is 0. The van der Waals surface area contributed by atoms with E-state index in [4.69, 9.17) is 4.74 Å². The van der Waals surface area contributed by atoms with E-state index in [2.05, 4.69) is 10.1 Å². The molecular weight excluding hydrogens is 405 g/mol. The fourth-order valence-corrected chi connectivity index (χ4v) is 4.21. The summed E-state index contributed by atoms with van der Waals surface area (Å²) in [5.74, 6) is -0.137. The maximum atomic E-state index is 13.7. The zero-order valence-electron chi connectivity index (χ0n) is 15.6. The minimum absolute atomic E-state index is 0.0211. The van der Waals surface area contributed by atoms with Crippen molar-refractivity contribution in [3.63, 3.8) is 0 Å². The van der Waals surface area contributed by atoms with Gasteiger partial charge in [-0.15, -0.1) is 11.3 Å². The number of carbonyl (C=O) groups is 1. The predicted octanol–water partition coefficient (Wildman–Crippen LogP) is 3.83. The number of halogens is 3. The Morgan fingerprint density at radius 1 is 1.38 bits per heavy atom. The van der Waals surface area contributed by atoms with Crippen LogP contribution in [0, 0.1) is 0 Å². The van der Waals surface area contributed by atoms with E-state index in [1.165, 1.54) is 18.4 Å². The van der Waals surface area contributed by atoms with Gasteiger partial charge in [0.05, 0.1) is 29.3 Å². The van der Waals surface area contributed by atoms with Crippen LogP contribution in [0.3, 0.4) is 0 Å². The molecule has 0 saturated carbocycles. The predicted molar refractivity (Wildman–Crippen MR) is 102 cm³/mol. The van der Waals surface area contributed by atoms with Crippen LogP contribution in [0.25, 0.3) is 16.2 Å². The average Bonchev–Trinajstić information content (AvgIpc) is 3.43. The summed E-state index contributed by atoms with van der Waals surface area (Å²) in [5, 5.41) is 6.01. The molecule has 3 aromatic rings. The Kier molecular flexibility index (Phi) is 5.30. The van der Waals surface area contributed by atoms with Crippen molar-refractivity contribution in [2.24, 2.45) is 0 Å². The summed E-state index contributed by atoms with van der Waals surface area (Å²) in [6, 6.07) is 6.14. The lowest BCUT2D eigenvalue weighted by atomic mass is 10.1. The van der Waals surface area contributed by atoms with Crippen LogP contribution in [-0.4, -0.2) is 52.2 Å². The molecule has 1 fully saturated rings. The van der Waals surface area contributed by atoms with Gasteiger partial charge in [0.15, 0.2) is 11.3 Å². The molecule has 1 aliphatic rings. The molecule has 3 aromatic heterocycles. The summed E-state index contributed by atoms with van der Waals surface area (Å²) >= 11 is 1.33. The topological polar surface area (TPSA) is 59.7 Å². The number of thiophene rings is 1. The highest BCUT2D eigenvalue weighted by molar-refractivity contribution is 7.13.